The van der Waals surface area contributed by atoms with E-state index in [1.165, 1.54) is 16.7 Å². The molecule has 188 valence electrons. The average molecular weight is 478 g/mol. The molecule has 2 aromatic carbocycles. The number of hydrogen-bond donors (Lipinski definition) is 0. The quantitative estimate of drug-likeness (QED) is 0.399. The number of aryl methyl sites for hydroxylation is 4. The Morgan fingerprint density at radius 3 is 2.43 bits per heavy atom. The molecular formula is C29H39N3O3. The molecule has 35 heavy (non-hydrogen) atoms. The molecule has 0 radical (unpaired) electrons. The highest BCUT2D eigenvalue weighted by Crippen LogP contribution is 2.29. The molecule has 3 aromatic rings. The first-order valence-electron chi connectivity index (χ1n) is 12.6. The van der Waals surface area contributed by atoms with E-state index in [0.717, 1.165) is 61.9 Å². The predicted molar refractivity (Wildman–Crippen MR) is 139 cm³/mol. The number of methoxy groups -OCH3 is 1. The molecule has 1 aromatic heterocycles. The van der Waals surface area contributed by atoms with Gasteiger partial charge >= 0.3 is 0 Å². The minimum Gasteiger partial charge on any atom is -0.492 e. The van der Waals surface area contributed by atoms with E-state index in [-0.39, 0.29) is 5.60 Å². The van der Waals surface area contributed by atoms with Crippen LogP contribution < -0.4 is 9.47 Å². The monoisotopic (exact) mass is 477 g/mol. The summed E-state index contributed by atoms with van der Waals surface area (Å²) in [5.41, 5.74) is 5.66. The van der Waals surface area contributed by atoms with Gasteiger partial charge in [-0.25, -0.2) is 0 Å². The topological polar surface area (TPSA) is 48.8 Å². The highest BCUT2D eigenvalue weighted by Gasteiger charge is 2.35. The lowest BCUT2D eigenvalue weighted by molar-refractivity contribution is -0.0840. The lowest BCUT2D eigenvalue weighted by Crippen LogP contribution is -2.48. The summed E-state index contributed by atoms with van der Waals surface area (Å²) in [4.78, 5) is 2.49. The van der Waals surface area contributed by atoms with Gasteiger partial charge < -0.3 is 14.2 Å². The zero-order valence-corrected chi connectivity index (χ0v) is 21.8. The second-order valence-corrected chi connectivity index (χ2v) is 9.87. The van der Waals surface area contributed by atoms with Crippen molar-refractivity contribution in [3.8, 4) is 11.5 Å². The standard InChI is InChI=1S/C29H39N3O3/c1-22-9-10-28(23(2)17-22)35-21-29(33-5)11-13-31(14-12-29)20-26-7-6-8-27(19-26)34-16-15-32-25(4)18-24(3)30-32/h6-10,17-19H,11-16,20-21H2,1-5H3. The van der Waals surface area contributed by atoms with Crippen LogP contribution in [0.4, 0.5) is 0 Å². The van der Waals surface area contributed by atoms with Crippen LogP contribution in [0.5, 0.6) is 11.5 Å². The van der Waals surface area contributed by atoms with Gasteiger partial charge in [0.25, 0.3) is 0 Å². The van der Waals surface area contributed by atoms with Gasteiger partial charge in [-0.15, -0.1) is 0 Å². The molecule has 1 fully saturated rings. The van der Waals surface area contributed by atoms with Gasteiger partial charge in [-0.05, 0) is 75.9 Å². The van der Waals surface area contributed by atoms with Crippen LogP contribution in [0, 0.1) is 27.7 Å². The average Bonchev–Trinajstić information content (AvgIpc) is 3.16. The molecular weight excluding hydrogens is 438 g/mol. The van der Waals surface area contributed by atoms with Crippen molar-refractivity contribution in [1.82, 2.24) is 14.7 Å². The Morgan fingerprint density at radius 1 is 0.943 bits per heavy atom. The summed E-state index contributed by atoms with van der Waals surface area (Å²) < 4.78 is 20.2. The number of hydrogen-bond acceptors (Lipinski definition) is 5. The maximum Gasteiger partial charge on any atom is 0.122 e. The smallest absolute Gasteiger partial charge is 0.122 e. The first-order chi connectivity index (χ1) is 16.9. The van der Waals surface area contributed by atoms with Crippen molar-refractivity contribution in [3.05, 3.63) is 76.6 Å². The van der Waals surface area contributed by atoms with E-state index in [4.69, 9.17) is 14.2 Å². The molecule has 0 amide bonds. The van der Waals surface area contributed by atoms with E-state index in [9.17, 15) is 0 Å². The van der Waals surface area contributed by atoms with Crippen molar-refractivity contribution >= 4 is 0 Å². The lowest BCUT2D eigenvalue weighted by Gasteiger charge is -2.40. The van der Waals surface area contributed by atoms with Crippen LogP contribution in [0.2, 0.25) is 0 Å². The van der Waals surface area contributed by atoms with Crippen molar-refractivity contribution in [2.75, 3.05) is 33.4 Å². The highest BCUT2D eigenvalue weighted by molar-refractivity contribution is 5.35. The molecule has 6 heteroatoms. The van der Waals surface area contributed by atoms with Crippen LogP contribution in [0.1, 0.15) is 40.9 Å². The molecule has 0 aliphatic carbocycles. The summed E-state index contributed by atoms with van der Waals surface area (Å²) >= 11 is 0. The summed E-state index contributed by atoms with van der Waals surface area (Å²) in [6.07, 6.45) is 1.90. The largest absolute Gasteiger partial charge is 0.492 e. The van der Waals surface area contributed by atoms with E-state index in [0.29, 0.717) is 13.2 Å². The number of piperidine rings is 1. The number of benzene rings is 2. The molecule has 1 aliphatic rings. The molecule has 1 aliphatic heterocycles. The van der Waals surface area contributed by atoms with Gasteiger partial charge in [0.05, 0.1) is 12.2 Å². The number of aromatic nitrogens is 2. The fourth-order valence-electron chi connectivity index (χ4n) is 4.84. The van der Waals surface area contributed by atoms with Crippen LogP contribution in [0.3, 0.4) is 0 Å². The van der Waals surface area contributed by atoms with Gasteiger partial charge in [0.2, 0.25) is 0 Å². The van der Waals surface area contributed by atoms with Crippen LogP contribution in [0.15, 0.2) is 48.5 Å². The van der Waals surface area contributed by atoms with E-state index in [2.05, 4.69) is 73.2 Å². The molecule has 0 bridgehead atoms. The van der Waals surface area contributed by atoms with E-state index in [1.807, 2.05) is 24.8 Å². The van der Waals surface area contributed by atoms with Crippen LogP contribution in [0.25, 0.3) is 0 Å². The second-order valence-electron chi connectivity index (χ2n) is 9.87. The van der Waals surface area contributed by atoms with Crippen molar-refractivity contribution in [1.29, 1.82) is 0 Å². The molecule has 6 nitrogen and oxygen atoms in total. The summed E-state index contributed by atoms with van der Waals surface area (Å²) in [6, 6.07) is 16.9. The maximum atomic E-state index is 6.21. The normalized spacial score (nSPS) is 15.8. The van der Waals surface area contributed by atoms with Gasteiger partial charge in [0, 0.05) is 32.4 Å². The van der Waals surface area contributed by atoms with Crippen molar-refractivity contribution in [3.63, 3.8) is 0 Å². The predicted octanol–water partition coefficient (Wildman–Crippen LogP) is 5.26. The molecule has 0 saturated carbocycles. The molecule has 0 unspecified atom stereocenters. The zero-order valence-electron chi connectivity index (χ0n) is 21.8. The number of nitrogens with zero attached hydrogens (tertiary/aromatic N) is 3. The summed E-state index contributed by atoms with van der Waals surface area (Å²) in [6.45, 7) is 13.1. The third-order valence-corrected chi connectivity index (χ3v) is 7.00. The third-order valence-electron chi connectivity index (χ3n) is 7.00. The van der Waals surface area contributed by atoms with Gasteiger partial charge in [0.15, 0.2) is 0 Å². The van der Waals surface area contributed by atoms with Crippen LogP contribution in [-0.4, -0.2) is 53.7 Å². The van der Waals surface area contributed by atoms with Gasteiger partial charge in [-0.3, -0.25) is 9.58 Å². The van der Waals surface area contributed by atoms with E-state index >= 15 is 0 Å². The third kappa shape index (κ3) is 6.65. The molecule has 0 N–H and O–H groups in total. The van der Waals surface area contributed by atoms with E-state index < -0.39 is 0 Å². The fraction of sp³-hybridized carbons (Fsp3) is 0.483. The Labute approximate surface area is 209 Å². The van der Waals surface area contributed by atoms with Crippen molar-refractivity contribution in [2.45, 2.75) is 59.2 Å². The zero-order chi connectivity index (χ0) is 24.8. The maximum absolute atomic E-state index is 6.21. The first-order valence-corrected chi connectivity index (χ1v) is 12.6. The minimum atomic E-state index is -0.234. The Bertz CT molecular complexity index is 1120. The summed E-state index contributed by atoms with van der Waals surface area (Å²) in [5.74, 6) is 1.86. The lowest BCUT2D eigenvalue weighted by atomic mass is 9.91. The molecule has 2 heterocycles. The summed E-state index contributed by atoms with van der Waals surface area (Å²) in [5, 5.41) is 4.50. The Kier molecular flexibility index (Phi) is 8.14. The number of rotatable bonds is 10. The Balaban J connectivity index is 1.26. The minimum absolute atomic E-state index is 0.234. The van der Waals surface area contributed by atoms with Gasteiger partial charge in [0.1, 0.15) is 30.3 Å². The number of likely N-dealkylation sites (tertiary alicyclic amines) is 1. The fourth-order valence-corrected chi connectivity index (χ4v) is 4.84. The second kappa shape index (κ2) is 11.3. The molecule has 0 spiro atoms. The Morgan fingerprint density at radius 2 is 1.74 bits per heavy atom. The SMILES string of the molecule is COC1(COc2ccc(C)cc2C)CCN(Cc2cccc(OCCn3nc(C)cc3C)c2)CC1. The Hall–Kier alpha value is -2.83. The highest BCUT2D eigenvalue weighted by atomic mass is 16.5. The summed E-state index contributed by atoms with van der Waals surface area (Å²) in [7, 11) is 1.81. The van der Waals surface area contributed by atoms with Crippen molar-refractivity contribution in [2.24, 2.45) is 0 Å². The first kappa shape index (κ1) is 25.3. The van der Waals surface area contributed by atoms with Crippen LogP contribution in [-0.2, 0) is 17.8 Å². The molecule has 0 atom stereocenters. The van der Waals surface area contributed by atoms with E-state index in [1.54, 1.807) is 0 Å². The molecule has 4 rings (SSSR count). The van der Waals surface area contributed by atoms with Gasteiger partial charge in [-0.1, -0.05) is 29.8 Å². The number of ether oxygens (including phenoxy) is 3. The van der Waals surface area contributed by atoms with Crippen LogP contribution >= 0.6 is 0 Å². The molecule has 1 saturated heterocycles. The van der Waals surface area contributed by atoms with Gasteiger partial charge in [-0.2, -0.15) is 5.10 Å². The van der Waals surface area contributed by atoms with Crippen molar-refractivity contribution < 1.29 is 14.2 Å².